The van der Waals surface area contributed by atoms with Crippen LogP contribution in [-0.2, 0) is 16.1 Å². The van der Waals surface area contributed by atoms with Crippen LogP contribution >= 0.6 is 0 Å². The lowest BCUT2D eigenvalue weighted by atomic mass is 9.87. The van der Waals surface area contributed by atoms with Crippen molar-refractivity contribution in [1.82, 2.24) is 15.2 Å². The zero-order valence-corrected chi connectivity index (χ0v) is 12.3. The highest BCUT2D eigenvalue weighted by atomic mass is 16.2. The third kappa shape index (κ3) is 2.40. The molecule has 2 amide bonds. The Balaban J connectivity index is 2.34. The van der Waals surface area contributed by atoms with Crippen LogP contribution in [0.5, 0.6) is 0 Å². The number of aryl methyl sites for hydroxylation is 1. The monoisotopic (exact) mass is 275 g/mol. The molecule has 1 saturated heterocycles. The number of rotatable bonds is 4. The minimum atomic E-state index is -0.737. The van der Waals surface area contributed by atoms with Crippen LogP contribution in [0.2, 0.25) is 0 Å². The maximum Gasteiger partial charge on any atom is 0.246 e. The van der Waals surface area contributed by atoms with E-state index in [1.54, 1.807) is 17.3 Å². The number of carbonyl (C=O) groups is 2. The summed E-state index contributed by atoms with van der Waals surface area (Å²) >= 11 is 0. The first-order chi connectivity index (χ1) is 9.53. The van der Waals surface area contributed by atoms with E-state index < -0.39 is 5.54 Å². The highest BCUT2D eigenvalue weighted by molar-refractivity contribution is 5.97. The summed E-state index contributed by atoms with van der Waals surface area (Å²) in [7, 11) is 0. The van der Waals surface area contributed by atoms with Crippen LogP contribution in [0.4, 0.5) is 0 Å². The Hall–Kier alpha value is -1.91. The molecule has 0 atom stereocenters. The molecule has 0 aliphatic carbocycles. The minimum absolute atomic E-state index is 0.0326. The summed E-state index contributed by atoms with van der Waals surface area (Å²) in [6.45, 7) is 6.38. The van der Waals surface area contributed by atoms with Gasteiger partial charge in [0.1, 0.15) is 5.54 Å². The van der Waals surface area contributed by atoms with Gasteiger partial charge in [-0.25, -0.2) is 0 Å². The summed E-state index contributed by atoms with van der Waals surface area (Å²) in [4.78, 5) is 30.4. The van der Waals surface area contributed by atoms with Crippen molar-refractivity contribution >= 4 is 11.8 Å². The van der Waals surface area contributed by atoms with Crippen LogP contribution in [0.25, 0.3) is 0 Å². The van der Waals surface area contributed by atoms with E-state index in [2.05, 4.69) is 10.3 Å². The van der Waals surface area contributed by atoms with Gasteiger partial charge in [-0.15, -0.1) is 0 Å². The number of piperazine rings is 1. The van der Waals surface area contributed by atoms with Crippen molar-refractivity contribution < 1.29 is 9.59 Å². The molecule has 1 aliphatic heterocycles. The molecule has 1 N–H and O–H groups in total. The van der Waals surface area contributed by atoms with Crippen LogP contribution in [0.3, 0.4) is 0 Å². The van der Waals surface area contributed by atoms with E-state index in [4.69, 9.17) is 0 Å². The number of nitrogens with one attached hydrogen (secondary N) is 1. The number of pyridine rings is 1. The molecule has 1 aromatic heterocycles. The number of amides is 2. The molecule has 0 radical (unpaired) electrons. The Morgan fingerprint density at radius 1 is 1.30 bits per heavy atom. The summed E-state index contributed by atoms with van der Waals surface area (Å²) in [5, 5.41) is 2.71. The molecule has 1 aliphatic rings. The van der Waals surface area contributed by atoms with Gasteiger partial charge in [0.15, 0.2) is 0 Å². The van der Waals surface area contributed by atoms with Gasteiger partial charge < -0.3 is 10.2 Å². The molecule has 0 unspecified atom stereocenters. The highest BCUT2D eigenvalue weighted by Crippen LogP contribution is 2.29. The fourth-order valence-electron chi connectivity index (χ4n) is 2.86. The predicted octanol–water partition coefficient (Wildman–Crippen LogP) is 1.41. The number of carbonyl (C=O) groups excluding carboxylic acids is 2. The van der Waals surface area contributed by atoms with Crippen LogP contribution in [0.15, 0.2) is 18.5 Å². The average molecular weight is 275 g/mol. The van der Waals surface area contributed by atoms with Crippen LogP contribution in [-0.4, -0.2) is 33.8 Å². The second-order valence-electron chi connectivity index (χ2n) is 5.27. The van der Waals surface area contributed by atoms with Gasteiger partial charge in [0.25, 0.3) is 0 Å². The molecule has 0 spiro atoms. The van der Waals surface area contributed by atoms with E-state index in [1.165, 1.54) is 0 Å². The van der Waals surface area contributed by atoms with Crippen molar-refractivity contribution in [2.45, 2.75) is 45.7 Å². The Kier molecular flexibility index (Phi) is 4.06. The topological polar surface area (TPSA) is 62.3 Å². The fraction of sp³-hybridized carbons (Fsp3) is 0.533. The quantitative estimate of drug-likeness (QED) is 0.903. The fourth-order valence-corrected chi connectivity index (χ4v) is 2.86. The molecule has 2 rings (SSSR count). The van der Waals surface area contributed by atoms with Crippen molar-refractivity contribution in [1.29, 1.82) is 0 Å². The lowest BCUT2D eigenvalue weighted by Crippen LogP contribution is -2.66. The molecular weight excluding hydrogens is 254 g/mol. The SMILES string of the molecule is CCC1(CC)C(=O)NCC(=O)N1Cc1cncc(C)c1. The third-order valence-corrected chi connectivity index (χ3v) is 4.08. The van der Waals surface area contributed by atoms with E-state index in [-0.39, 0.29) is 18.4 Å². The summed E-state index contributed by atoms with van der Waals surface area (Å²) in [5.41, 5.74) is 1.27. The molecule has 5 heteroatoms. The summed E-state index contributed by atoms with van der Waals surface area (Å²) in [6, 6.07) is 2.00. The Morgan fingerprint density at radius 3 is 2.60 bits per heavy atom. The molecule has 1 fully saturated rings. The van der Waals surface area contributed by atoms with Crippen molar-refractivity contribution in [3.05, 3.63) is 29.6 Å². The van der Waals surface area contributed by atoms with E-state index in [9.17, 15) is 9.59 Å². The van der Waals surface area contributed by atoms with Gasteiger partial charge in [-0.2, -0.15) is 0 Å². The Bertz CT molecular complexity index is 524. The second-order valence-corrected chi connectivity index (χ2v) is 5.27. The Labute approximate surface area is 119 Å². The van der Waals surface area contributed by atoms with Crippen LogP contribution < -0.4 is 5.32 Å². The molecular formula is C15H21N3O2. The molecule has 5 nitrogen and oxygen atoms in total. The lowest BCUT2D eigenvalue weighted by Gasteiger charge is -2.45. The maximum atomic E-state index is 12.3. The van der Waals surface area contributed by atoms with E-state index in [0.29, 0.717) is 19.4 Å². The van der Waals surface area contributed by atoms with Gasteiger partial charge >= 0.3 is 0 Å². The second kappa shape index (κ2) is 5.61. The van der Waals surface area contributed by atoms with E-state index in [1.807, 2.05) is 26.8 Å². The van der Waals surface area contributed by atoms with Gasteiger partial charge in [0, 0.05) is 18.9 Å². The number of hydrogen-bond acceptors (Lipinski definition) is 3. The van der Waals surface area contributed by atoms with Crippen LogP contribution in [0.1, 0.15) is 37.8 Å². The van der Waals surface area contributed by atoms with Gasteiger partial charge in [-0.1, -0.05) is 19.9 Å². The number of nitrogens with zero attached hydrogens (tertiary/aromatic N) is 2. The number of aromatic nitrogens is 1. The minimum Gasteiger partial charge on any atom is -0.345 e. The number of hydrogen-bond donors (Lipinski definition) is 1. The third-order valence-electron chi connectivity index (χ3n) is 4.08. The zero-order chi connectivity index (χ0) is 14.8. The van der Waals surface area contributed by atoms with Gasteiger partial charge in [0.2, 0.25) is 11.8 Å². The molecule has 108 valence electrons. The average Bonchev–Trinajstić information content (AvgIpc) is 2.44. The molecule has 0 aromatic carbocycles. The molecule has 0 bridgehead atoms. The molecule has 1 aromatic rings. The van der Waals surface area contributed by atoms with Crippen LogP contribution in [0, 0.1) is 6.92 Å². The van der Waals surface area contributed by atoms with Crippen molar-refractivity contribution in [2.75, 3.05) is 6.54 Å². The summed E-state index contributed by atoms with van der Waals surface area (Å²) in [5.74, 6) is -0.0856. The molecule has 20 heavy (non-hydrogen) atoms. The largest absolute Gasteiger partial charge is 0.345 e. The molecule has 2 heterocycles. The lowest BCUT2D eigenvalue weighted by molar-refractivity contribution is -0.155. The normalized spacial score (nSPS) is 18.1. The van der Waals surface area contributed by atoms with Gasteiger partial charge in [-0.3, -0.25) is 14.6 Å². The van der Waals surface area contributed by atoms with Crippen molar-refractivity contribution in [3.63, 3.8) is 0 Å². The van der Waals surface area contributed by atoms with Gasteiger partial charge in [-0.05, 0) is 30.9 Å². The zero-order valence-electron chi connectivity index (χ0n) is 12.3. The van der Waals surface area contributed by atoms with E-state index in [0.717, 1.165) is 11.1 Å². The first-order valence-corrected chi connectivity index (χ1v) is 7.02. The van der Waals surface area contributed by atoms with E-state index >= 15 is 0 Å². The summed E-state index contributed by atoms with van der Waals surface area (Å²) < 4.78 is 0. The maximum absolute atomic E-state index is 12.3. The van der Waals surface area contributed by atoms with Crippen molar-refractivity contribution in [3.8, 4) is 0 Å². The standard InChI is InChI=1S/C15H21N3O2/c1-4-15(5-2)14(20)17-9-13(19)18(15)10-12-6-11(3)7-16-8-12/h6-8H,4-5,9-10H2,1-3H3,(H,17,20). The van der Waals surface area contributed by atoms with Crippen molar-refractivity contribution in [2.24, 2.45) is 0 Å². The smallest absolute Gasteiger partial charge is 0.246 e. The van der Waals surface area contributed by atoms with Gasteiger partial charge in [0.05, 0.1) is 6.54 Å². The first-order valence-electron chi connectivity index (χ1n) is 7.02. The highest BCUT2D eigenvalue weighted by Gasteiger charge is 2.46. The Morgan fingerprint density at radius 2 is 2.00 bits per heavy atom. The predicted molar refractivity (Wildman–Crippen MR) is 75.8 cm³/mol. The molecule has 0 saturated carbocycles. The first kappa shape index (κ1) is 14.5. The summed E-state index contributed by atoms with van der Waals surface area (Å²) in [6.07, 6.45) is 4.75.